The lowest BCUT2D eigenvalue weighted by Crippen LogP contribution is -2.67. The standard InChI is InChI=1S/C21H26O7/c1-18-8-12(23)13-10(11(18)3-5-21(18)25-6-7-26-21)2-4-20-16(28-20)14(24)15-17(27-15)19(13,20)9-22/h10-11,13,15-17,22H,2-9H2,1H3/t10-,11-,13+,15+,16-,17+,18-,19-,20-/m0/s1. The zero-order valence-electron chi connectivity index (χ0n) is 16.0. The zero-order valence-corrected chi connectivity index (χ0v) is 16.0. The van der Waals surface area contributed by atoms with Gasteiger partial charge in [-0.2, -0.15) is 0 Å². The molecule has 2 spiro atoms. The first-order valence-corrected chi connectivity index (χ1v) is 10.7. The number of carbonyl (C=O) groups is 2. The van der Waals surface area contributed by atoms with Crippen molar-refractivity contribution in [2.24, 2.45) is 28.6 Å². The van der Waals surface area contributed by atoms with Crippen LogP contribution in [0.1, 0.15) is 39.0 Å². The van der Waals surface area contributed by atoms with E-state index in [-0.39, 0.29) is 41.5 Å². The molecule has 4 saturated carbocycles. The number of rotatable bonds is 1. The number of ketones is 2. The molecule has 0 radical (unpaired) electrons. The number of fused-ring (bicyclic) bond motifs is 7. The largest absolute Gasteiger partial charge is 0.396 e. The molecule has 7 nitrogen and oxygen atoms in total. The molecular weight excluding hydrogens is 364 g/mol. The minimum Gasteiger partial charge on any atom is -0.396 e. The second-order valence-electron chi connectivity index (χ2n) is 10.3. The fourth-order valence-corrected chi connectivity index (χ4v) is 8.59. The smallest absolute Gasteiger partial charge is 0.195 e. The molecule has 7 heteroatoms. The quantitative estimate of drug-likeness (QED) is 0.655. The molecule has 0 amide bonds. The second-order valence-corrected chi connectivity index (χ2v) is 10.3. The van der Waals surface area contributed by atoms with Gasteiger partial charge in [-0.05, 0) is 31.1 Å². The molecule has 7 rings (SSSR count). The van der Waals surface area contributed by atoms with Crippen molar-refractivity contribution in [1.29, 1.82) is 0 Å². The van der Waals surface area contributed by atoms with Gasteiger partial charge in [0.1, 0.15) is 29.7 Å². The van der Waals surface area contributed by atoms with Gasteiger partial charge in [0.05, 0.1) is 25.2 Å². The predicted octanol–water partition coefficient (Wildman–Crippen LogP) is 0.611. The fourth-order valence-electron chi connectivity index (χ4n) is 8.59. The molecule has 3 saturated heterocycles. The van der Waals surface area contributed by atoms with E-state index in [0.29, 0.717) is 32.0 Å². The van der Waals surface area contributed by atoms with Crippen LogP contribution in [0.5, 0.6) is 0 Å². The van der Waals surface area contributed by atoms with Gasteiger partial charge in [-0.3, -0.25) is 9.59 Å². The molecule has 0 aromatic carbocycles. The second kappa shape index (κ2) is 4.72. The summed E-state index contributed by atoms with van der Waals surface area (Å²) < 4.78 is 24.0. The van der Waals surface area contributed by atoms with E-state index in [4.69, 9.17) is 18.9 Å². The number of aliphatic hydroxyl groups excluding tert-OH is 1. The summed E-state index contributed by atoms with van der Waals surface area (Å²) >= 11 is 0. The maximum absolute atomic E-state index is 13.7. The summed E-state index contributed by atoms with van der Waals surface area (Å²) in [5.74, 6) is -0.322. The highest BCUT2D eigenvalue weighted by Crippen LogP contribution is 2.75. The summed E-state index contributed by atoms with van der Waals surface area (Å²) in [6.07, 6.45) is 2.37. The number of carbonyl (C=O) groups excluding carboxylic acids is 2. The van der Waals surface area contributed by atoms with E-state index in [1.807, 2.05) is 0 Å². The van der Waals surface area contributed by atoms with E-state index >= 15 is 0 Å². The Morgan fingerprint density at radius 2 is 1.93 bits per heavy atom. The molecule has 3 aliphatic heterocycles. The van der Waals surface area contributed by atoms with E-state index in [0.717, 1.165) is 19.3 Å². The van der Waals surface area contributed by atoms with Crippen molar-refractivity contribution in [3.63, 3.8) is 0 Å². The van der Waals surface area contributed by atoms with Crippen molar-refractivity contribution in [3.05, 3.63) is 0 Å². The Hall–Kier alpha value is -0.860. The third-order valence-corrected chi connectivity index (χ3v) is 9.75. The Balaban J connectivity index is 1.34. The van der Waals surface area contributed by atoms with Crippen LogP contribution in [0.15, 0.2) is 0 Å². The molecule has 152 valence electrons. The van der Waals surface area contributed by atoms with Crippen molar-refractivity contribution in [1.82, 2.24) is 0 Å². The molecule has 7 fully saturated rings. The maximum atomic E-state index is 13.7. The van der Waals surface area contributed by atoms with Gasteiger partial charge >= 0.3 is 0 Å². The van der Waals surface area contributed by atoms with Crippen molar-refractivity contribution < 1.29 is 33.6 Å². The van der Waals surface area contributed by atoms with Crippen LogP contribution in [-0.4, -0.2) is 66.2 Å². The summed E-state index contributed by atoms with van der Waals surface area (Å²) in [5.41, 5.74) is -1.80. The Morgan fingerprint density at radius 3 is 2.68 bits per heavy atom. The van der Waals surface area contributed by atoms with Gasteiger partial charge in [-0.1, -0.05) is 6.92 Å². The number of hydrogen-bond donors (Lipinski definition) is 1. The van der Waals surface area contributed by atoms with Crippen LogP contribution in [0.4, 0.5) is 0 Å². The fraction of sp³-hybridized carbons (Fsp3) is 0.905. The van der Waals surface area contributed by atoms with Gasteiger partial charge in [0, 0.05) is 24.2 Å². The minimum atomic E-state index is -0.773. The number of epoxide rings is 2. The van der Waals surface area contributed by atoms with Crippen LogP contribution in [-0.2, 0) is 28.5 Å². The number of hydrogen-bond acceptors (Lipinski definition) is 7. The molecular formula is C21H26O7. The van der Waals surface area contributed by atoms with Crippen LogP contribution < -0.4 is 0 Å². The summed E-state index contributed by atoms with van der Waals surface area (Å²) in [4.78, 5) is 26.2. The minimum absolute atomic E-state index is 0.00759. The summed E-state index contributed by atoms with van der Waals surface area (Å²) in [6.45, 7) is 3.18. The Morgan fingerprint density at radius 1 is 1.14 bits per heavy atom. The predicted molar refractivity (Wildman–Crippen MR) is 92.1 cm³/mol. The summed E-state index contributed by atoms with van der Waals surface area (Å²) in [7, 11) is 0. The van der Waals surface area contributed by atoms with Crippen LogP contribution in [0, 0.1) is 28.6 Å². The zero-order chi connectivity index (χ0) is 19.1. The summed E-state index contributed by atoms with van der Waals surface area (Å²) in [6, 6.07) is 0. The highest BCUT2D eigenvalue weighted by Gasteiger charge is 2.88. The average Bonchev–Trinajstić information content (AvgIpc) is 3.55. The van der Waals surface area contributed by atoms with Gasteiger partial charge < -0.3 is 24.1 Å². The normalized spacial score (nSPS) is 59.9. The third-order valence-electron chi connectivity index (χ3n) is 9.75. The first-order chi connectivity index (χ1) is 13.4. The lowest BCUT2D eigenvalue weighted by Gasteiger charge is -2.58. The molecule has 0 unspecified atom stereocenters. The molecule has 4 aliphatic carbocycles. The van der Waals surface area contributed by atoms with Crippen molar-refractivity contribution in [3.8, 4) is 0 Å². The number of ether oxygens (including phenoxy) is 4. The molecule has 1 N–H and O–H groups in total. The van der Waals surface area contributed by atoms with Gasteiger partial charge in [-0.15, -0.1) is 0 Å². The Kier molecular flexibility index (Phi) is 2.85. The van der Waals surface area contributed by atoms with E-state index in [1.165, 1.54) is 0 Å². The van der Waals surface area contributed by atoms with E-state index in [1.54, 1.807) is 0 Å². The molecule has 7 aliphatic rings. The van der Waals surface area contributed by atoms with Crippen molar-refractivity contribution in [2.45, 2.75) is 68.7 Å². The van der Waals surface area contributed by atoms with E-state index in [2.05, 4.69) is 6.92 Å². The molecule has 3 heterocycles. The van der Waals surface area contributed by atoms with E-state index < -0.39 is 29.0 Å². The first kappa shape index (κ1) is 16.9. The maximum Gasteiger partial charge on any atom is 0.195 e. The molecule has 0 aromatic heterocycles. The highest BCUT2D eigenvalue weighted by molar-refractivity contribution is 5.97. The van der Waals surface area contributed by atoms with Crippen LogP contribution in [0.3, 0.4) is 0 Å². The number of Topliss-reactive ketones (excluding diaryl/α,β-unsaturated/α-hetero) is 2. The Bertz CT molecular complexity index is 805. The lowest BCUT2D eigenvalue weighted by atomic mass is 9.44. The van der Waals surface area contributed by atoms with Gasteiger partial charge in [-0.25, -0.2) is 0 Å². The van der Waals surface area contributed by atoms with Crippen LogP contribution in [0.2, 0.25) is 0 Å². The highest BCUT2D eigenvalue weighted by atomic mass is 16.7. The SMILES string of the molecule is C[C@]12CC(=O)[C@H]3[C@@H](CC[C@]45O[C@H]4C(=O)[C@H]4O[C@H]4[C@]35CO)[C@@H]1CCC21OCCO1. The third kappa shape index (κ3) is 1.49. The topological polar surface area (TPSA) is 97.9 Å². The van der Waals surface area contributed by atoms with Crippen LogP contribution in [0.25, 0.3) is 0 Å². The monoisotopic (exact) mass is 390 g/mol. The first-order valence-electron chi connectivity index (χ1n) is 10.7. The number of aliphatic hydroxyl groups is 1. The molecule has 0 bridgehead atoms. The van der Waals surface area contributed by atoms with Gasteiger partial charge in [0.15, 0.2) is 11.6 Å². The van der Waals surface area contributed by atoms with Gasteiger partial charge in [0.2, 0.25) is 0 Å². The lowest BCUT2D eigenvalue weighted by molar-refractivity contribution is -0.244. The Labute approximate surface area is 163 Å². The summed E-state index contributed by atoms with van der Waals surface area (Å²) in [5, 5.41) is 10.6. The molecule has 9 atom stereocenters. The molecule has 0 aromatic rings. The van der Waals surface area contributed by atoms with Gasteiger partial charge in [0.25, 0.3) is 0 Å². The van der Waals surface area contributed by atoms with E-state index in [9.17, 15) is 14.7 Å². The molecule has 28 heavy (non-hydrogen) atoms. The average molecular weight is 390 g/mol. The van der Waals surface area contributed by atoms with Crippen molar-refractivity contribution >= 4 is 11.6 Å². The van der Waals surface area contributed by atoms with Crippen LogP contribution >= 0.6 is 0 Å². The van der Waals surface area contributed by atoms with Crippen molar-refractivity contribution in [2.75, 3.05) is 19.8 Å².